The van der Waals surface area contributed by atoms with Gasteiger partial charge in [-0.15, -0.1) is 0 Å². The summed E-state index contributed by atoms with van der Waals surface area (Å²) < 4.78 is 5.07. The molecule has 6 heteroatoms. The molecule has 2 unspecified atom stereocenters. The lowest BCUT2D eigenvalue weighted by atomic mass is 10.0. The summed E-state index contributed by atoms with van der Waals surface area (Å²) in [5, 5.41) is 20.3. The topological polar surface area (TPSA) is 75.8 Å². The largest absolute Gasteiger partial charge is 0.490 e. The van der Waals surface area contributed by atoms with Crippen molar-refractivity contribution in [3.8, 4) is 5.75 Å². The maximum Gasteiger partial charge on any atom is 0.311 e. The fourth-order valence-corrected chi connectivity index (χ4v) is 2.60. The molecule has 6 nitrogen and oxygen atoms in total. The smallest absolute Gasteiger partial charge is 0.311 e. The first kappa shape index (κ1) is 13.6. The second kappa shape index (κ2) is 5.44. The van der Waals surface area contributed by atoms with Crippen LogP contribution in [0.2, 0.25) is 0 Å². The van der Waals surface area contributed by atoms with Crippen molar-refractivity contribution >= 4 is 11.4 Å². The first-order valence-electron chi connectivity index (χ1n) is 6.28. The molecule has 1 saturated heterocycles. The van der Waals surface area contributed by atoms with E-state index in [0.717, 1.165) is 18.7 Å². The highest BCUT2D eigenvalue weighted by molar-refractivity contribution is 5.60. The summed E-state index contributed by atoms with van der Waals surface area (Å²) in [6.45, 7) is 3.03. The van der Waals surface area contributed by atoms with Gasteiger partial charge in [0.05, 0.1) is 24.7 Å². The SMILES string of the molecule is COc1cc(N2CCC(C)C2CO)ccc1[N+](=O)[O-]. The molecule has 0 radical (unpaired) electrons. The molecule has 1 aliphatic rings. The van der Waals surface area contributed by atoms with E-state index in [4.69, 9.17) is 4.74 Å². The number of methoxy groups -OCH3 is 1. The number of nitrogens with zero attached hydrogens (tertiary/aromatic N) is 2. The monoisotopic (exact) mass is 266 g/mol. The molecule has 2 atom stereocenters. The molecule has 0 bridgehead atoms. The summed E-state index contributed by atoms with van der Waals surface area (Å²) in [6, 6.07) is 4.89. The summed E-state index contributed by atoms with van der Waals surface area (Å²) in [4.78, 5) is 12.5. The van der Waals surface area contributed by atoms with E-state index in [1.165, 1.54) is 13.2 Å². The zero-order valence-corrected chi connectivity index (χ0v) is 11.1. The number of aliphatic hydroxyl groups is 1. The first-order chi connectivity index (χ1) is 9.08. The minimum absolute atomic E-state index is 0.0426. The fourth-order valence-electron chi connectivity index (χ4n) is 2.60. The Morgan fingerprint density at radius 2 is 2.32 bits per heavy atom. The van der Waals surface area contributed by atoms with Gasteiger partial charge in [0, 0.05) is 24.4 Å². The van der Waals surface area contributed by atoms with E-state index in [0.29, 0.717) is 5.92 Å². The van der Waals surface area contributed by atoms with Gasteiger partial charge in [-0.2, -0.15) is 0 Å². The van der Waals surface area contributed by atoms with Gasteiger partial charge in [0.15, 0.2) is 5.75 Å². The molecule has 0 aliphatic carbocycles. The van der Waals surface area contributed by atoms with Crippen LogP contribution >= 0.6 is 0 Å². The van der Waals surface area contributed by atoms with Crippen LogP contribution in [-0.4, -0.2) is 36.3 Å². The molecule has 2 rings (SSSR count). The van der Waals surface area contributed by atoms with Crippen molar-refractivity contribution in [1.29, 1.82) is 0 Å². The summed E-state index contributed by atoms with van der Waals surface area (Å²) >= 11 is 0. The van der Waals surface area contributed by atoms with Crippen LogP contribution in [0, 0.1) is 16.0 Å². The third kappa shape index (κ3) is 2.49. The van der Waals surface area contributed by atoms with Crippen LogP contribution in [0.5, 0.6) is 5.75 Å². The number of ether oxygens (including phenoxy) is 1. The van der Waals surface area contributed by atoms with Crippen LogP contribution in [0.3, 0.4) is 0 Å². The van der Waals surface area contributed by atoms with E-state index in [1.54, 1.807) is 12.1 Å². The summed E-state index contributed by atoms with van der Waals surface area (Å²) in [7, 11) is 1.42. The predicted octanol–water partition coefficient (Wildman–Crippen LogP) is 1.81. The van der Waals surface area contributed by atoms with Gasteiger partial charge in [-0.05, 0) is 18.4 Å². The number of rotatable bonds is 4. The number of hydrogen-bond acceptors (Lipinski definition) is 5. The van der Waals surface area contributed by atoms with Gasteiger partial charge in [-0.25, -0.2) is 0 Å². The summed E-state index contributed by atoms with van der Waals surface area (Å²) in [6.07, 6.45) is 1.00. The molecule has 0 spiro atoms. The molecule has 1 fully saturated rings. The Kier molecular flexibility index (Phi) is 3.90. The van der Waals surface area contributed by atoms with Gasteiger partial charge >= 0.3 is 5.69 Å². The number of benzene rings is 1. The fraction of sp³-hybridized carbons (Fsp3) is 0.538. The van der Waals surface area contributed by atoms with Gasteiger partial charge < -0.3 is 14.7 Å². The molecule has 19 heavy (non-hydrogen) atoms. The normalized spacial score (nSPS) is 22.6. The van der Waals surface area contributed by atoms with Crippen molar-refractivity contribution in [2.75, 3.05) is 25.2 Å². The highest BCUT2D eigenvalue weighted by Gasteiger charge is 2.31. The second-order valence-electron chi connectivity index (χ2n) is 4.82. The van der Waals surface area contributed by atoms with Gasteiger partial charge in [-0.3, -0.25) is 10.1 Å². The van der Waals surface area contributed by atoms with E-state index < -0.39 is 4.92 Å². The van der Waals surface area contributed by atoms with E-state index >= 15 is 0 Å². The lowest BCUT2D eigenvalue weighted by molar-refractivity contribution is -0.385. The maximum absolute atomic E-state index is 10.9. The maximum atomic E-state index is 10.9. The average molecular weight is 266 g/mol. The van der Waals surface area contributed by atoms with Crippen LogP contribution in [0.15, 0.2) is 18.2 Å². The van der Waals surface area contributed by atoms with Crippen molar-refractivity contribution in [2.45, 2.75) is 19.4 Å². The minimum atomic E-state index is -0.460. The lowest BCUT2D eigenvalue weighted by Crippen LogP contribution is -2.35. The van der Waals surface area contributed by atoms with Crippen LogP contribution in [-0.2, 0) is 0 Å². The number of nitro groups is 1. The molecule has 0 amide bonds. The van der Waals surface area contributed by atoms with Crippen molar-refractivity contribution < 1.29 is 14.8 Å². The Labute approximate surface area is 111 Å². The number of nitro benzene ring substituents is 1. The zero-order valence-electron chi connectivity index (χ0n) is 11.1. The van der Waals surface area contributed by atoms with Gasteiger partial charge in [0.25, 0.3) is 0 Å². The Morgan fingerprint density at radius 3 is 2.89 bits per heavy atom. The van der Waals surface area contributed by atoms with Gasteiger partial charge in [0.1, 0.15) is 0 Å². The third-order valence-electron chi connectivity index (χ3n) is 3.76. The number of aliphatic hydroxyl groups excluding tert-OH is 1. The van der Waals surface area contributed by atoms with Crippen molar-refractivity contribution in [1.82, 2.24) is 0 Å². The molecule has 1 heterocycles. The Bertz CT molecular complexity index is 478. The quantitative estimate of drug-likeness (QED) is 0.664. The van der Waals surface area contributed by atoms with E-state index in [2.05, 4.69) is 11.8 Å². The lowest BCUT2D eigenvalue weighted by Gasteiger charge is -2.27. The van der Waals surface area contributed by atoms with Crippen LogP contribution in [0.25, 0.3) is 0 Å². The highest BCUT2D eigenvalue weighted by atomic mass is 16.6. The Balaban J connectivity index is 2.33. The van der Waals surface area contributed by atoms with Crippen LogP contribution in [0.4, 0.5) is 11.4 Å². The van der Waals surface area contributed by atoms with Crippen molar-refractivity contribution in [3.63, 3.8) is 0 Å². The van der Waals surface area contributed by atoms with E-state index in [-0.39, 0.29) is 24.1 Å². The molecule has 104 valence electrons. The molecular weight excluding hydrogens is 248 g/mol. The second-order valence-corrected chi connectivity index (χ2v) is 4.82. The Morgan fingerprint density at radius 1 is 1.58 bits per heavy atom. The summed E-state index contributed by atoms with van der Waals surface area (Å²) in [5.74, 6) is 0.657. The molecule has 1 aliphatic heterocycles. The molecule has 1 aromatic carbocycles. The summed E-state index contributed by atoms with van der Waals surface area (Å²) in [5.41, 5.74) is 0.810. The molecular formula is C13H18N2O4. The molecule has 0 aromatic heterocycles. The highest BCUT2D eigenvalue weighted by Crippen LogP contribution is 2.35. The number of anilines is 1. The molecule has 1 aromatic rings. The Hall–Kier alpha value is -1.82. The van der Waals surface area contributed by atoms with Crippen LogP contribution in [0.1, 0.15) is 13.3 Å². The van der Waals surface area contributed by atoms with Crippen molar-refractivity contribution in [3.05, 3.63) is 28.3 Å². The third-order valence-corrected chi connectivity index (χ3v) is 3.76. The number of hydrogen-bond donors (Lipinski definition) is 1. The van der Waals surface area contributed by atoms with E-state index in [1.807, 2.05) is 0 Å². The van der Waals surface area contributed by atoms with Gasteiger partial charge in [0.2, 0.25) is 0 Å². The average Bonchev–Trinajstić information content (AvgIpc) is 2.78. The predicted molar refractivity (Wildman–Crippen MR) is 71.6 cm³/mol. The molecule has 1 N–H and O–H groups in total. The standard InChI is InChI=1S/C13H18N2O4/c1-9-5-6-14(12(9)8-16)10-3-4-11(15(17)18)13(7-10)19-2/h3-4,7,9,12,16H,5-6,8H2,1-2H3. The minimum Gasteiger partial charge on any atom is -0.490 e. The van der Waals surface area contributed by atoms with E-state index in [9.17, 15) is 15.2 Å². The molecule has 0 saturated carbocycles. The van der Waals surface area contributed by atoms with Crippen molar-refractivity contribution in [2.24, 2.45) is 5.92 Å². The van der Waals surface area contributed by atoms with Crippen LogP contribution < -0.4 is 9.64 Å². The van der Waals surface area contributed by atoms with Gasteiger partial charge in [-0.1, -0.05) is 6.92 Å². The first-order valence-corrected chi connectivity index (χ1v) is 6.28. The zero-order chi connectivity index (χ0) is 14.0.